The standard InChI is InChI=1S/C17H28N2O2/c1-5-7-18-10-12-8-16(20-3)15-11-19-13(6-2)9-14(15)17(12)21-4/h8,13,18-19H,5-7,9-11H2,1-4H3. The summed E-state index contributed by atoms with van der Waals surface area (Å²) in [6.07, 6.45) is 3.27. The highest BCUT2D eigenvalue weighted by molar-refractivity contribution is 5.55. The Balaban J connectivity index is 2.37. The van der Waals surface area contributed by atoms with E-state index in [9.17, 15) is 0 Å². The van der Waals surface area contributed by atoms with E-state index < -0.39 is 0 Å². The Hall–Kier alpha value is -1.26. The van der Waals surface area contributed by atoms with E-state index in [2.05, 4.69) is 30.5 Å². The van der Waals surface area contributed by atoms with Gasteiger partial charge in [-0.2, -0.15) is 0 Å². The molecule has 0 saturated heterocycles. The zero-order valence-corrected chi connectivity index (χ0v) is 13.7. The smallest absolute Gasteiger partial charge is 0.127 e. The minimum atomic E-state index is 0.523. The largest absolute Gasteiger partial charge is 0.496 e. The Morgan fingerprint density at radius 1 is 1.24 bits per heavy atom. The third-order valence-electron chi connectivity index (χ3n) is 4.21. The van der Waals surface area contributed by atoms with Crippen molar-refractivity contribution in [3.63, 3.8) is 0 Å². The van der Waals surface area contributed by atoms with Crippen molar-refractivity contribution < 1.29 is 9.47 Å². The molecule has 4 heteroatoms. The lowest BCUT2D eigenvalue weighted by Gasteiger charge is -2.29. The molecule has 1 aliphatic rings. The molecule has 0 fully saturated rings. The van der Waals surface area contributed by atoms with Crippen LogP contribution in [0.3, 0.4) is 0 Å². The van der Waals surface area contributed by atoms with E-state index in [4.69, 9.17) is 9.47 Å². The molecule has 21 heavy (non-hydrogen) atoms. The molecule has 4 nitrogen and oxygen atoms in total. The van der Waals surface area contributed by atoms with E-state index in [-0.39, 0.29) is 0 Å². The molecule has 1 unspecified atom stereocenters. The van der Waals surface area contributed by atoms with E-state index in [0.717, 1.165) is 50.4 Å². The van der Waals surface area contributed by atoms with Crippen LogP contribution in [-0.2, 0) is 19.5 Å². The van der Waals surface area contributed by atoms with Gasteiger partial charge in [0.15, 0.2) is 0 Å². The summed E-state index contributed by atoms with van der Waals surface area (Å²) in [6, 6.07) is 2.64. The Morgan fingerprint density at radius 3 is 2.67 bits per heavy atom. The van der Waals surface area contributed by atoms with Gasteiger partial charge in [0, 0.05) is 35.8 Å². The average molecular weight is 292 g/mol. The van der Waals surface area contributed by atoms with Gasteiger partial charge in [-0.15, -0.1) is 0 Å². The molecular weight excluding hydrogens is 264 g/mol. The number of benzene rings is 1. The fraction of sp³-hybridized carbons (Fsp3) is 0.647. The van der Waals surface area contributed by atoms with Crippen LogP contribution in [0.1, 0.15) is 43.4 Å². The molecule has 1 aromatic carbocycles. The molecule has 1 heterocycles. The number of rotatable bonds is 7. The Kier molecular flexibility index (Phi) is 5.88. The van der Waals surface area contributed by atoms with Crippen molar-refractivity contribution in [3.8, 4) is 11.5 Å². The van der Waals surface area contributed by atoms with Gasteiger partial charge in [0.1, 0.15) is 11.5 Å². The maximum Gasteiger partial charge on any atom is 0.127 e. The zero-order chi connectivity index (χ0) is 15.2. The first-order chi connectivity index (χ1) is 10.2. The Labute approximate surface area is 128 Å². The van der Waals surface area contributed by atoms with Gasteiger partial charge in [-0.25, -0.2) is 0 Å². The Bertz CT molecular complexity index is 474. The number of fused-ring (bicyclic) bond motifs is 1. The summed E-state index contributed by atoms with van der Waals surface area (Å²) in [5.74, 6) is 2.01. The quantitative estimate of drug-likeness (QED) is 0.758. The molecule has 2 N–H and O–H groups in total. The van der Waals surface area contributed by atoms with Gasteiger partial charge >= 0.3 is 0 Å². The molecule has 0 spiro atoms. The topological polar surface area (TPSA) is 42.5 Å². The highest BCUT2D eigenvalue weighted by Crippen LogP contribution is 2.37. The van der Waals surface area contributed by atoms with Crippen LogP contribution < -0.4 is 20.1 Å². The lowest BCUT2D eigenvalue weighted by Crippen LogP contribution is -2.35. The second kappa shape index (κ2) is 7.66. The molecule has 0 saturated carbocycles. The molecule has 1 aliphatic heterocycles. The first-order valence-corrected chi connectivity index (χ1v) is 7.94. The van der Waals surface area contributed by atoms with E-state index in [1.54, 1.807) is 14.2 Å². The van der Waals surface area contributed by atoms with Crippen molar-refractivity contribution in [2.24, 2.45) is 0 Å². The van der Waals surface area contributed by atoms with E-state index in [1.807, 2.05) is 0 Å². The number of methoxy groups -OCH3 is 2. The first-order valence-electron chi connectivity index (χ1n) is 7.94. The summed E-state index contributed by atoms with van der Waals surface area (Å²) in [7, 11) is 3.52. The normalized spacial score (nSPS) is 17.4. The number of hydrogen-bond donors (Lipinski definition) is 2. The summed E-state index contributed by atoms with van der Waals surface area (Å²) < 4.78 is 11.3. The molecule has 0 aromatic heterocycles. The van der Waals surface area contributed by atoms with Gasteiger partial charge in [0.2, 0.25) is 0 Å². The van der Waals surface area contributed by atoms with Crippen LogP contribution in [0.15, 0.2) is 6.07 Å². The predicted octanol–water partition coefficient (Wildman–Crippen LogP) is 2.63. The van der Waals surface area contributed by atoms with E-state index in [1.165, 1.54) is 16.7 Å². The predicted molar refractivity (Wildman–Crippen MR) is 86.2 cm³/mol. The van der Waals surface area contributed by atoms with Gasteiger partial charge in [0.25, 0.3) is 0 Å². The van der Waals surface area contributed by atoms with Crippen LogP contribution in [0.5, 0.6) is 11.5 Å². The maximum absolute atomic E-state index is 5.74. The second-order valence-electron chi connectivity index (χ2n) is 5.60. The van der Waals surface area contributed by atoms with Gasteiger partial charge in [-0.1, -0.05) is 13.8 Å². The highest BCUT2D eigenvalue weighted by atomic mass is 16.5. The minimum Gasteiger partial charge on any atom is -0.496 e. The van der Waals surface area contributed by atoms with Crippen molar-refractivity contribution in [1.82, 2.24) is 10.6 Å². The summed E-state index contributed by atoms with van der Waals surface area (Å²) >= 11 is 0. The highest BCUT2D eigenvalue weighted by Gasteiger charge is 2.25. The number of ether oxygens (including phenoxy) is 2. The minimum absolute atomic E-state index is 0.523. The second-order valence-corrected chi connectivity index (χ2v) is 5.60. The van der Waals surface area contributed by atoms with Crippen molar-refractivity contribution in [3.05, 3.63) is 22.8 Å². The number of nitrogens with one attached hydrogen (secondary N) is 2. The van der Waals surface area contributed by atoms with Crippen LogP contribution in [0, 0.1) is 0 Å². The van der Waals surface area contributed by atoms with Crippen LogP contribution in [0.25, 0.3) is 0 Å². The summed E-state index contributed by atoms with van der Waals surface area (Å²) in [4.78, 5) is 0. The summed E-state index contributed by atoms with van der Waals surface area (Å²) in [5, 5.41) is 7.03. The molecule has 2 rings (SSSR count). The SMILES string of the molecule is CCCNCc1cc(OC)c2c(c1OC)CC(CC)NC2. The van der Waals surface area contributed by atoms with E-state index in [0.29, 0.717) is 6.04 Å². The molecule has 0 radical (unpaired) electrons. The van der Waals surface area contributed by atoms with Crippen molar-refractivity contribution in [1.29, 1.82) is 0 Å². The fourth-order valence-corrected chi connectivity index (χ4v) is 3.02. The van der Waals surface area contributed by atoms with Gasteiger partial charge < -0.3 is 20.1 Å². The van der Waals surface area contributed by atoms with Gasteiger partial charge in [-0.05, 0) is 31.9 Å². The fourth-order valence-electron chi connectivity index (χ4n) is 3.02. The third kappa shape index (κ3) is 3.50. The third-order valence-corrected chi connectivity index (χ3v) is 4.21. The van der Waals surface area contributed by atoms with Gasteiger partial charge in [-0.3, -0.25) is 0 Å². The molecule has 0 aliphatic carbocycles. The zero-order valence-electron chi connectivity index (χ0n) is 13.7. The molecule has 0 amide bonds. The molecule has 1 atom stereocenters. The van der Waals surface area contributed by atoms with Crippen molar-refractivity contribution >= 4 is 0 Å². The average Bonchev–Trinajstić information content (AvgIpc) is 2.53. The van der Waals surface area contributed by atoms with E-state index >= 15 is 0 Å². The van der Waals surface area contributed by atoms with Crippen LogP contribution in [0.2, 0.25) is 0 Å². The van der Waals surface area contributed by atoms with Crippen molar-refractivity contribution in [2.75, 3.05) is 20.8 Å². The molecular formula is C17H28N2O2. The summed E-state index contributed by atoms with van der Waals surface area (Å²) in [5.41, 5.74) is 3.76. The lowest BCUT2D eigenvalue weighted by molar-refractivity contribution is 0.369. The van der Waals surface area contributed by atoms with Crippen LogP contribution >= 0.6 is 0 Å². The maximum atomic E-state index is 5.74. The summed E-state index contributed by atoms with van der Waals surface area (Å²) in [6.45, 7) is 7.09. The molecule has 118 valence electrons. The van der Waals surface area contributed by atoms with Gasteiger partial charge in [0.05, 0.1) is 14.2 Å². The van der Waals surface area contributed by atoms with Crippen LogP contribution in [-0.4, -0.2) is 26.8 Å². The molecule has 1 aromatic rings. The lowest BCUT2D eigenvalue weighted by atomic mass is 9.90. The first kappa shape index (κ1) is 16.1. The van der Waals surface area contributed by atoms with Crippen molar-refractivity contribution in [2.45, 2.75) is 52.2 Å². The monoisotopic (exact) mass is 292 g/mol. The van der Waals surface area contributed by atoms with Crippen LogP contribution in [0.4, 0.5) is 0 Å². The number of hydrogen-bond acceptors (Lipinski definition) is 4. The molecule has 0 bridgehead atoms. The Morgan fingerprint density at radius 2 is 2.05 bits per heavy atom.